The number of aromatic nitrogens is 1. The zero-order valence-electron chi connectivity index (χ0n) is 8.74. The van der Waals surface area contributed by atoms with Gasteiger partial charge in [0, 0.05) is 17.0 Å². The van der Waals surface area contributed by atoms with Crippen LogP contribution in [0.25, 0.3) is 10.8 Å². The van der Waals surface area contributed by atoms with E-state index in [4.69, 9.17) is 23.1 Å². The molecule has 82 valence electrons. The molecule has 0 unspecified atom stereocenters. The van der Waals surface area contributed by atoms with Crippen LogP contribution in [-0.2, 0) is 0 Å². The van der Waals surface area contributed by atoms with Crippen molar-refractivity contribution in [2.45, 2.75) is 6.92 Å². The van der Waals surface area contributed by atoms with Gasteiger partial charge in [-0.15, -0.1) is 0 Å². The molecule has 0 aliphatic carbocycles. The lowest BCUT2D eigenvalue weighted by Gasteiger charge is -2.04. The summed E-state index contributed by atoms with van der Waals surface area (Å²) in [5, 5.41) is 2.33. The maximum Gasteiger partial charge on any atom is 0.192 e. The highest BCUT2D eigenvalue weighted by Crippen LogP contribution is 2.29. The molecule has 5 heteroatoms. The van der Waals surface area contributed by atoms with Gasteiger partial charge in [-0.2, -0.15) is 4.99 Å². The predicted octanol–water partition coefficient (Wildman–Crippen LogP) is 2.10. The standard InChI is InChI=1S/C11H11ClN4/c1-6-2-3-7-8(4-6)10(16-11(13)14)15-5-9(7)12/h2-5H,1H3,(H4,13,14,15,16). The molecule has 4 nitrogen and oxygen atoms in total. The van der Waals surface area contributed by atoms with Crippen molar-refractivity contribution in [3.63, 3.8) is 0 Å². The van der Waals surface area contributed by atoms with Crippen molar-refractivity contribution in [2.75, 3.05) is 0 Å². The van der Waals surface area contributed by atoms with Crippen molar-refractivity contribution in [2.24, 2.45) is 16.5 Å². The van der Waals surface area contributed by atoms with Gasteiger partial charge in [0.15, 0.2) is 11.8 Å². The molecule has 16 heavy (non-hydrogen) atoms. The summed E-state index contributed by atoms with van der Waals surface area (Å²) in [6.45, 7) is 1.99. The van der Waals surface area contributed by atoms with E-state index in [0.29, 0.717) is 10.8 Å². The molecule has 0 aliphatic heterocycles. The van der Waals surface area contributed by atoms with Gasteiger partial charge in [-0.3, -0.25) is 0 Å². The summed E-state index contributed by atoms with van der Waals surface area (Å²) >= 11 is 6.04. The zero-order valence-corrected chi connectivity index (χ0v) is 9.49. The average molecular weight is 235 g/mol. The largest absolute Gasteiger partial charge is 0.370 e. The highest BCUT2D eigenvalue weighted by atomic mass is 35.5. The van der Waals surface area contributed by atoms with Gasteiger partial charge in [-0.25, -0.2) is 4.98 Å². The van der Waals surface area contributed by atoms with E-state index in [9.17, 15) is 0 Å². The van der Waals surface area contributed by atoms with E-state index in [0.717, 1.165) is 16.3 Å². The third-order valence-electron chi connectivity index (χ3n) is 2.21. The topological polar surface area (TPSA) is 77.3 Å². The third kappa shape index (κ3) is 1.92. The van der Waals surface area contributed by atoms with Crippen molar-refractivity contribution in [1.29, 1.82) is 0 Å². The van der Waals surface area contributed by atoms with Crippen LogP contribution in [0.5, 0.6) is 0 Å². The number of halogens is 1. The molecule has 0 bridgehead atoms. The van der Waals surface area contributed by atoms with Crippen LogP contribution in [-0.4, -0.2) is 10.9 Å². The smallest absolute Gasteiger partial charge is 0.192 e. The van der Waals surface area contributed by atoms with E-state index in [2.05, 4.69) is 9.98 Å². The Balaban J connectivity index is 2.81. The minimum Gasteiger partial charge on any atom is -0.370 e. The Morgan fingerprint density at radius 1 is 1.31 bits per heavy atom. The molecule has 0 radical (unpaired) electrons. The number of aliphatic imine (C=N–C) groups is 1. The van der Waals surface area contributed by atoms with Gasteiger partial charge in [-0.05, 0) is 13.0 Å². The van der Waals surface area contributed by atoms with Crippen LogP contribution in [0.15, 0.2) is 29.4 Å². The van der Waals surface area contributed by atoms with Crippen LogP contribution in [0, 0.1) is 6.92 Å². The molecule has 2 rings (SSSR count). The maximum atomic E-state index is 6.04. The number of fused-ring (bicyclic) bond motifs is 1. The zero-order chi connectivity index (χ0) is 11.7. The quantitative estimate of drug-likeness (QED) is 0.586. The summed E-state index contributed by atoms with van der Waals surface area (Å²) in [5.74, 6) is 0.473. The Hall–Kier alpha value is -1.81. The normalized spacial score (nSPS) is 10.4. The van der Waals surface area contributed by atoms with Crippen molar-refractivity contribution in [3.8, 4) is 0 Å². The molecule has 1 aromatic heterocycles. The first-order valence-electron chi connectivity index (χ1n) is 4.72. The fourth-order valence-corrected chi connectivity index (χ4v) is 1.73. The van der Waals surface area contributed by atoms with Crippen LogP contribution >= 0.6 is 11.6 Å². The van der Waals surface area contributed by atoms with Crippen molar-refractivity contribution < 1.29 is 0 Å². The van der Waals surface area contributed by atoms with E-state index in [1.807, 2.05) is 25.1 Å². The molecule has 0 spiro atoms. The third-order valence-corrected chi connectivity index (χ3v) is 2.51. The first-order chi connectivity index (χ1) is 7.58. The van der Waals surface area contributed by atoms with Crippen LogP contribution < -0.4 is 11.5 Å². The summed E-state index contributed by atoms with van der Waals surface area (Å²) < 4.78 is 0. The summed E-state index contributed by atoms with van der Waals surface area (Å²) in [6.07, 6.45) is 1.54. The summed E-state index contributed by atoms with van der Waals surface area (Å²) in [4.78, 5) is 8.08. The fraction of sp³-hybridized carbons (Fsp3) is 0.0909. The number of aryl methyl sites for hydroxylation is 1. The van der Waals surface area contributed by atoms with Crippen LogP contribution in [0.3, 0.4) is 0 Å². The van der Waals surface area contributed by atoms with E-state index >= 15 is 0 Å². The lowest BCUT2D eigenvalue weighted by Crippen LogP contribution is -2.22. The number of nitrogens with zero attached hydrogens (tertiary/aromatic N) is 2. The molecule has 1 heterocycles. The van der Waals surface area contributed by atoms with Gasteiger partial charge < -0.3 is 11.5 Å². The minimum atomic E-state index is -0.0161. The van der Waals surface area contributed by atoms with Gasteiger partial charge in [0.25, 0.3) is 0 Å². The second kappa shape index (κ2) is 3.98. The highest BCUT2D eigenvalue weighted by molar-refractivity contribution is 6.35. The number of hydrogen-bond acceptors (Lipinski definition) is 2. The van der Waals surface area contributed by atoms with E-state index < -0.39 is 0 Å². The van der Waals surface area contributed by atoms with Crippen molar-refractivity contribution in [1.82, 2.24) is 4.98 Å². The molecule has 0 fully saturated rings. The highest BCUT2D eigenvalue weighted by Gasteiger charge is 2.05. The molecule has 0 atom stereocenters. The first-order valence-corrected chi connectivity index (χ1v) is 5.10. The van der Waals surface area contributed by atoms with Gasteiger partial charge in [0.05, 0.1) is 5.02 Å². The molecule has 0 aliphatic rings. The molecule has 0 saturated carbocycles. The maximum absolute atomic E-state index is 6.04. The summed E-state index contributed by atoms with van der Waals surface area (Å²) in [6, 6.07) is 5.86. The molecular weight excluding hydrogens is 224 g/mol. The number of hydrogen-bond donors (Lipinski definition) is 2. The van der Waals surface area contributed by atoms with Gasteiger partial charge in [0.2, 0.25) is 0 Å². The first kappa shape index (κ1) is 10.7. The number of rotatable bonds is 1. The number of pyridine rings is 1. The minimum absolute atomic E-state index is 0.0161. The van der Waals surface area contributed by atoms with Gasteiger partial charge in [0.1, 0.15) is 0 Å². The Morgan fingerprint density at radius 3 is 2.75 bits per heavy atom. The Bertz CT molecular complexity index is 573. The van der Waals surface area contributed by atoms with Gasteiger partial charge >= 0.3 is 0 Å². The summed E-state index contributed by atoms with van der Waals surface area (Å²) in [5.41, 5.74) is 11.8. The van der Waals surface area contributed by atoms with Crippen LogP contribution in [0.2, 0.25) is 5.02 Å². The fourth-order valence-electron chi connectivity index (χ4n) is 1.52. The second-order valence-corrected chi connectivity index (χ2v) is 3.92. The number of nitrogens with two attached hydrogens (primary N) is 2. The van der Waals surface area contributed by atoms with E-state index in [-0.39, 0.29) is 5.96 Å². The molecule has 2 aromatic rings. The number of benzene rings is 1. The lowest BCUT2D eigenvalue weighted by molar-refractivity contribution is 1.28. The lowest BCUT2D eigenvalue weighted by atomic mass is 10.1. The molecule has 4 N–H and O–H groups in total. The SMILES string of the molecule is Cc1ccc2c(Cl)cnc(N=C(N)N)c2c1. The molecule has 0 amide bonds. The average Bonchev–Trinajstić information content (AvgIpc) is 2.22. The molecule has 1 aromatic carbocycles. The van der Waals surface area contributed by atoms with E-state index in [1.54, 1.807) is 6.20 Å². The van der Waals surface area contributed by atoms with Crippen molar-refractivity contribution in [3.05, 3.63) is 35.0 Å². The predicted molar refractivity (Wildman–Crippen MR) is 67.0 cm³/mol. The Morgan fingerprint density at radius 2 is 2.06 bits per heavy atom. The Labute approximate surface area is 97.9 Å². The Kier molecular flexibility index (Phi) is 2.66. The van der Waals surface area contributed by atoms with Crippen LogP contribution in [0.4, 0.5) is 5.82 Å². The molecular formula is C11H11ClN4. The number of guanidine groups is 1. The van der Waals surface area contributed by atoms with Gasteiger partial charge in [-0.1, -0.05) is 29.3 Å². The van der Waals surface area contributed by atoms with E-state index in [1.165, 1.54) is 0 Å². The van der Waals surface area contributed by atoms with Crippen molar-refractivity contribution >= 4 is 34.2 Å². The second-order valence-electron chi connectivity index (χ2n) is 3.52. The van der Waals surface area contributed by atoms with Crippen LogP contribution in [0.1, 0.15) is 5.56 Å². The summed E-state index contributed by atoms with van der Waals surface area (Å²) in [7, 11) is 0. The molecule has 0 saturated heterocycles. The monoisotopic (exact) mass is 234 g/mol.